The van der Waals surface area contributed by atoms with Gasteiger partial charge in [0.2, 0.25) is 0 Å². The van der Waals surface area contributed by atoms with Crippen molar-refractivity contribution in [1.29, 1.82) is 0 Å². The fourth-order valence-corrected chi connectivity index (χ4v) is 5.47. The summed E-state index contributed by atoms with van der Waals surface area (Å²) in [7, 11) is -0.378. The third-order valence-corrected chi connectivity index (χ3v) is 12.0. The molecule has 0 bridgehead atoms. The first-order valence-electron chi connectivity index (χ1n) is 14.4. The van der Waals surface area contributed by atoms with Gasteiger partial charge in [-0.15, -0.1) is 0 Å². The van der Waals surface area contributed by atoms with Crippen molar-refractivity contribution in [3.05, 3.63) is 89.5 Å². The van der Waals surface area contributed by atoms with Crippen molar-refractivity contribution in [1.82, 2.24) is 0 Å². The number of carbonyl (C=O) groups excluding carboxylic acids is 1. The average molecular weight is 579 g/mol. The van der Waals surface area contributed by atoms with Gasteiger partial charge in [0.25, 0.3) is 0 Å². The number of aryl methyl sites for hydroxylation is 1. The van der Waals surface area contributed by atoms with E-state index in [0.717, 1.165) is 23.1 Å². The highest BCUT2D eigenvalue weighted by molar-refractivity contribution is 6.74. The molecule has 0 amide bonds. The number of methoxy groups -OCH3 is 1. The summed E-state index contributed by atoms with van der Waals surface area (Å²) in [5.74, 6) is 1.74. The van der Waals surface area contributed by atoms with E-state index in [1.165, 1.54) is 0 Å². The maximum absolute atomic E-state index is 11.8. The summed E-state index contributed by atoms with van der Waals surface area (Å²) in [4.78, 5) is 11.8. The molecule has 0 aliphatic carbocycles. The van der Waals surface area contributed by atoms with Gasteiger partial charge >= 0.3 is 5.97 Å². The maximum atomic E-state index is 11.8. The van der Waals surface area contributed by atoms with Crippen LogP contribution in [0.15, 0.2) is 72.8 Å². The molecular formula is C34H46O6Si. The number of hydrogen-bond donors (Lipinski definition) is 0. The highest BCUT2D eigenvalue weighted by Crippen LogP contribution is 2.38. The van der Waals surface area contributed by atoms with E-state index in [-0.39, 0.29) is 17.1 Å². The quantitative estimate of drug-likeness (QED) is 0.134. The van der Waals surface area contributed by atoms with Crippen LogP contribution in [0.2, 0.25) is 18.1 Å². The molecule has 0 fully saturated rings. The molecule has 3 aromatic rings. The van der Waals surface area contributed by atoms with Gasteiger partial charge in [-0.2, -0.15) is 0 Å². The van der Waals surface area contributed by atoms with E-state index < -0.39 is 8.32 Å². The Kier molecular flexibility index (Phi) is 12.0. The van der Waals surface area contributed by atoms with E-state index >= 15 is 0 Å². The SMILES string of the molecule is CCOC(=O)CCc1ccc(OC)c(Oc2ccc(CC(COCc3ccccc3)O[Si](C)(C)C(C)(C)C)cc2)c1. The van der Waals surface area contributed by atoms with E-state index in [1.54, 1.807) is 7.11 Å². The van der Waals surface area contributed by atoms with Gasteiger partial charge < -0.3 is 23.4 Å². The van der Waals surface area contributed by atoms with E-state index in [1.807, 2.05) is 55.5 Å². The molecule has 1 atom stereocenters. The normalized spacial score (nSPS) is 12.6. The van der Waals surface area contributed by atoms with E-state index in [4.69, 9.17) is 23.4 Å². The number of esters is 1. The lowest BCUT2D eigenvalue weighted by molar-refractivity contribution is -0.143. The molecule has 0 saturated carbocycles. The van der Waals surface area contributed by atoms with Crippen LogP contribution in [0.4, 0.5) is 0 Å². The Labute approximate surface area is 247 Å². The summed E-state index contributed by atoms with van der Waals surface area (Å²) in [6.07, 6.45) is 1.58. The molecule has 0 aromatic heterocycles. The van der Waals surface area contributed by atoms with Crippen molar-refractivity contribution in [3.8, 4) is 17.2 Å². The van der Waals surface area contributed by atoms with Crippen molar-refractivity contribution >= 4 is 14.3 Å². The monoisotopic (exact) mass is 578 g/mol. The summed E-state index contributed by atoms with van der Waals surface area (Å²) >= 11 is 0. The molecule has 0 spiro atoms. The maximum Gasteiger partial charge on any atom is 0.306 e. The van der Waals surface area contributed by atoms with Crippen LogP contribution >= 0.6 is 0 Å². The fourth-order valence-electron chi connectivity index (χ4n) is 4.13. The first kappa shape index (κ1) is 32.4. The zero-order valence-corrected chi connectivity index (χ0v) is 26.7. The molecular weight excluding hydrogens is 532 g/mol. The standard InChI is InChI=1S/C34H46O6Si/c1-8-38-33(35)21-17-27-16-20-31(36-5)32(23-27)39-29-18-14-26(15-19-29)22-30(40-41(6,7)34(2,3)4)25-37-24-28-12-10-9-11-13-28/h9-16,18-20,23,30H,8,17,21-22,24-25H2,1-7H3. The minimum absolute atomic E-state index is 0.0532. The van der Waals surface area contributed by atoms with Crippen LogP contribution in [0.3, 0.4) is 0 Å². The lowest BCUT2D eigenvalue weighted by Crippen LogP contribution is -2.45. The minimum Gasteiger partial charge on any atom is -0.493 e. The summed E-state index contributed by atoms with van der Waals surface area (Å²) in [6, 6.07) is 24.0. The van der Waals surface area contributed by atoms with Crippen LogP contribution < -0.4 is 9.47 Å². The molecule has 7 heteroatoms. The molecule has 1 unspecified atom stereocenters. The van der Waals surface area contributed by atoms with Crippen molar-refractivity contribution < 1.29 is 28.2 Å². The summed E-state index contributed by atoms with van der Waals surface area (Å²) < 4.78 is 29.7. The second kappa shape index (κ2) is 15.2. The van der Waals surface area contributed by atoms with Crippen LogP contribution in [-0.4, -0.2) is 40.7 Å². The zero-order valence-electron chi connectivity index (χ0n) is 25.7. The minimum atomic E-state index is -2.00. The van der Waals surface area contributed by atoms with Gasteiger partial charge in [-0.25, -0.2) is 0 Å². The third kappa shape index (κ3) is 10.3. The molecule has 0 heterocycles. The number of rotatable bonds is 15. The average Bonchev–Trinajstić information content (AvgIpc) is 2.93. The smallest absolute Gasteiger partial charge is 0.306 e. The largest absolute Gasteiger partial charge is 0.493 e. The lowest BCUT2D eigenvalue weighted by atomic mass is 10.1. The molecule has 0 radical (unpaired) electrons. The topological polar surface area (TPSA) is 63.2 Å². The van der Waals surface area contributed by atoms with Crippen LogP contribution in [0.25, 0.3) is 0 Å². The molecule has 0 N–H and O–H groups in total. The van der Waals surface area contributed by atoms with Gasteiger partial charge in [-0.1, -0.05) is 69.3 Å². The third-order valence-electron chi connectivity index (χ3n) is 7.45. The fraction of sp³-hybridized carbons (Fsp3) is 0.441. The summed E-state index contributed by atoms with van der Waals surface area (Å²) in [5.41, 5.74) is 3.28. The zero-order chi connectivity index (χ0) is 29.9. The van der Waals surface area contributed by atoms with Crippen molar-refractivity contribution in [2.75, 3.05) is 20.3 Å². The number of benzene rings is 3. The summed E-state index contributed by atoms with van der Waals surface area (Å²) in [5, 5.41) is 0.103. The lowest BCUT2D eigenvalue weighted by Gasteiger charge is -2.39. The Bertz CT molecular complexity index is 1220. The predicted octanol–water partition coefficient (Wildman–Crippen LogP) is 8.13. The molecule has 6 nitrogen and oxygen atoms in total. The van der Waals surface area contributed by atoms with Crippen LogP contribution in [0.5, 0.6) is 17.2 Å². The number of carbonyl (C=O) groups is 1. The Morgan fingerprint density at radius 1 is 0.878 bits per heavy atom. The van der Waals surface area contributed by atoms with E-state index in [9.17, 15) is 4.79 Å². The Balaban J connectivity index is 1.68. The van der Waals surface area contributed by atoms with Gasteiger partial charge in [0.05, 0.1) is 33.0 Å². The molecule has 0 aliphatic heterocycles. The van der Waals surface area contributed by atoms with Gasteiger partial charge in [-0.3, -0.25) is 4.79 Å². The van der Waals surface area contributed by atoms with Gasteiger partial charge in [0.1, 0.15) is 5.75 Å². The Morgan fingerprint density at radius 3 is 2.20 bits per heavy atom. The molecule has 3 rings (SSSR count). The van der Waals surface area contributed by atoms with Crippen LogP contribution in [0, 0.1) is 0 Å². The Morgan fingerprint density at radius 2 is 1.56 bits per heavy atom. The first-order valence-corrected chi connectivity index (χ1v) is 17.3. The Hall–Kier alpha value is -3.13. The predicted molar refractivity (Wildman–Crippen MR) is 166 cm³/mol. The molecule has 3 aromatic carbocycles. The number of ether oxygens (including phenoxy) is 4. The highest BCUT2D eigenvalue weighted by atomic mass is 28.4. The first-order chi connectivity index (χ1) is 19.5. The second-order valence-corrected chi connectivity index (χ2v) is 16.5. The molecule has 222 valence electrons. The summed E-state index contributed by atoms with van der Waals surface area (Å²) in [6.45, 7) is 14.6. The second-order valence-electron chi connectivity index (χ2n) is 11.7. The van der Waals surface area contributed by atoms with Crippen molar-refractivity contribution in [2.45, 2.75) is 77.8 Å². The van der Waals surface area contributed by atoms with Gasteiger partial charge in [0, 0.05) is 6.42 Å². The molecule has 41 heavy (non-hydrogen) atoms. The van der Waals surface area contributed by atoms with E-state index in [0.29, 0.717) is 49.9 Å². The van der Waals surface area contributed by atoms with Gasteiger partial charge in [-0.05, 0) is 78.9 Å². The van der Waals surface area contributed by atoms with Gasteiger partial charge in [0.15, 0.2) is 19.8 Å². The number of hydrogen-bond acceptors (Lipinski definition) is 6. The highest BCUT2D eigenvalue weighted by Gasteiger charge is 2.39. The van der Waals surface area contributed by atoms with Crippen LogP contribution in [0.1, 0.15) is 50.8 Å². The van der Waals surface area contributed by atoms with E-state index in [2.05, 4.69) is 58.1 Å². The van der Waals surface area contributed by atoms with Crippen molar-refractivity contribution in [3.63, 3.8) is 0 Å². The molecule has 0 aliphatic rings. The van der Waals surface area contributed by atoms with Crippen molar-refractivity contribution in [2.24, 2.45) is 0 Å². The molecule has 0 saturated heterocycles. The van der Waals surface area contributed by atoms with Crippen LogP contribution in [-0.2, 0) is 38.1 Å².